The quantitative estimate of drug-likeness (QED) is 0.830. The summed E-state index contributed by atoms with van der Waals surface area (Å²) in [4.78, 5) is 28.2. The highest BCUT2D eigenvalue weighted by Crippen LogP contribution is 2.18. The molecule has 2 rings (SSSR count). The lowest BCUT2D eigenvalue weighted by atomic mass is 10.1. The zero-order chi connectivity index (χ0) is 16.8. The van der Waals surface area contributed by atoms with Crippen LogP contribution in [-0.4, -0.2) is 30.0 Å². The van der Waals surface area contributed by atoms with Gasteiger partial charge in [-0.3, -0.25) is 9.78 Å². The second-order valence-corrected chi connectivity index (χ2v) is 5.25. The molecule has 0 spiro atoms. The van der Waals surface area contributed by atoms with Gasteiger partial charge in [-0.05, 0) is 32.0 Å². The number of nitrogens with one attached hydrogen (secondary N) is 2. The van der Waals surface area contributed by atoms with Crippen molar-refractivity contribution >= 4 is 23.3 Å². The van der Waals surface area contributed by atoms with Crippen LogP contribution in [0.1, 0.15) is 34.6 Å². The molecule has 2 N–H and O–H groups in total. The zero-order valence-electron chi connectivity index (χ0n) is 13.3. The minimum atomic E-state index is -0.505. The molecular formula is C17H19N3O3. The van der Waals surface area contributed by atoms with Crippen LogP contribution in [0.3, 0.4) is 0 Å². The van der Waals surface area contributed by atoms with Crippen molar-refractivity contribution in [3.8, 4) is 0 Å². The number of pyridine rings is 1. The highest BCUT2D eigenvalue weighted by Gasteiger charge is 2.14. The maximum absolute atomic E-state index is 12.4. The molecule has 0 aliphatic carbocycles. The molecular weight excluding hydrogens is 294 g/mol. The fourth-order valence-corrected chi connectivity index (χ4v) is 2.05. The molecule has 120 valence electrons. The lowest BCUT2D eigenvalue weighted by Gasteiger charge is -2.12. The number of nitrogens with zero attached hydrogens (tertiary/aromatic N) is 1. The first-order valence-electron chi connectivity index (χ1n) is 7.21. The summed E-state index contributed by atoms with van der Waals surface area (Å²) in [5.41, 5.74) is 1.85. The summed E-state index contributed by atoms with van der Waals surface area (Å²) in [6.07, 6.45) is 3.13. The van der Waals surface area contributed by atoms with E-state index in [4.69, 9.17) is 4.74 Å². The Hall–Kier alpha value is -2.89. The van der Waals surface area contributed by atoms with Gasteiger partial charge >= 0.3 is 5.97 Å². The second kappa shape index (κ2) is 7.40. The number of anilines is 2. The second-order valence-electron chi connectivity index (χ2n) is 5.25. The van der Waals surface area contributed by atoms with Gasteiger partial charge in [-0.1, -0.05) is 12.1 Å². The van der Waals surface area contributed by atoms with E-state index in [0.717, 1.165) is 5.69 Å². The monoisotopic (exact) mass is 313 g/mol. The van der Waals surface area contributed by atoms with Crippen LogP contribution >= 0.6 is 0 Å². The molecule has 6 heteroatoms. The van der Waals surface area contributed by atoms with E-state index >= 15 is 0 Å². The van der Waals surface area contributed by atoms with Crippen LogP contribution in [-0.2, 0) is 4.74 Å². The molecule has 0 unspecified atom stereocenters. The topological polar surface area (TPSA) is 80.3 Å². The largest absolute Gasteiger partial charge is 0.465 e. The minimum absolute atomic E-state index is 0.232. The first kappa shape index (κ1) is 16.5. The van der Waals surface area contributed by atoms with Crippen LogP contribution in [0.4, 0.5) is 11.4 Å². The Bertz CT molecular complexity index is 714. The molecule has 0 fully saturated rings. The number of carbonyl (C=O) groups is 2. The smallest absolute Gasteiger partial charge is 0.339 e. The van der Waals surface area contributed by atoms with Gasteiger partial charge in [0.15, 0.2) is 0 Å². The van der Waals surface area contributed by atoms with Crippen molar-refractivity contribution in [3.63, 3.8) is 0 Å². The van der Waals surface area contributed by atoms with Gasteiger partial charge in [-0.2, -0.15) is 0 Å². The fraction of sp³-hybridized carbons (Fsp3) is 0.235. The number of benzene rings is 1. The summed E-state index contributed by atoms with van der Waals surface area (Å²) in [6, 6.07) is 8.62. The molecule has 1 aromatic carbocycles. The molecule has 0 saturated carbocycles. The van der Waals surface area contributed by atoms with E-state index in [1.54, 1.807) is 36.5 Å². The van der Waals surface area contributed by atoms with Gasteiger partial charge in [0.2, 0.25) is 0 Å². The summed E-state index contributed by atoms with van der Waals surface area (Å²) in [5.74, 6) is -0.851. The zero-order valence-corrected chi connectivity index (χ0v) is 13.3. The summed E-state index contributed by atoms with van der Waals surface area (Å²) in [7, 11) is 1.30. The normalized spacial score (nSPS) is 10.3. The molecule has 0 atom stereocenters. The molecule has 0 saturated heterocycles. The fourth-order valence-electron chi connectivity index (χ4n) is 2.05. The number of hydrogen-bond acceptors (Lipinski definition) is 5. The van der Waals surface area contributed by atoms with Crippen molar-refractivity contribution < 1.29 is 14.3 Å². The van der Waals surface area contributed by atoms with E-state index in [1.165, 1.54) is 13.3 Å². The van der Waals surface area contributed by atoms with Gasteiger partial charge in [0.05, 0.1) is 29.6 Å². The summed E-state index contributed by atoms with van der Waals surface area (Å²) in [6.45, 7) is 4.00. The van der Waals surface area contributed by atoms with Crippen LogP contribution in [0.5, 0.6) is 0 Å². The van der Waals surface area contributed by atoms with E-state index < -0.39 is 5.97 Å². The highest BCUT2D eigenvalue weighted by atomic mass is 16.5. The van der Waals surface area contributed by atoms with Gasteiger partial charge in [-0.25, -0.2) is 4.79 Å². The third kappa shape index (κ3) is 4.29. The SMILES string of the molecule is COC(=O)c1ccccc1NC(=O)c1cncc(NC(C)C)c1. The van der Waals surface area contributed by atoms with E-state index in [2.05, 4.69) is 15.6 Å². The number of carbonyl (C=O) groups excluding carboxylic acids is 2. The Morgan fingerprint density at radius 2 is 1.91 bits per heavy atom. The predicted octanol–water partition coefficient (Wildman–Crippen LogP) is 2.94. The third-order valence-electron chi connectivity index (χ3n) is 3.04. The van der Waals surface area contributed by atoms with Crippen molar-refractivity contribution in [1.29, 1.82) is 0 Å². The van der Waals surface area contributed by atoms with E-state index in [0.29, 0.717) is 16.8 Å². The molecule has 0 radical (unpaired) electrons. The first-order chi connectivity index (χ1) is 11.0. The molecule has 1 aromatic heterocycles. The molecule has 0 aliphatic rings. The number of para-hydroxylation sites is 1. The standard InChI is InChI=1S/C17H19N3O3/c1-11(2)19-13-8-12(9-18-10-13)16(21)20-15-7-5-4-6-14(15)17(22)23-3/h4-11,19H,1-3H3,(H,20,21). The maximum atomic E-state index is 12.4. The van der Waals surface area contributed by atoms with Crippen LogP contribution in [0.15, 0.2) is 42.7 Å². The highest BCUT2D eigenvalue weighted by molar-refractivity contribution is 6.08. The lowest BCUT2D eigenvalue weighted by molar-refractivity contribution is 0.0602. The predicted molar refractivity (Wildman–Crippen MR) is 88.7 cm³/mol. The number of esters is 1. The Morgan fingerprint density at radius 3 is 2.61 bits per heavy atom. The van der Waals surface area contributed by atoms with Crippen LogP contribution in [0, 0.1) is 0 Å². The van der Waals surface area contributed by atoms with Crippen molar-refractivity contribution in [2.75, 3.05) is 17.7 Å². The van der Waals surface area contributed by atoms with Gasteiger partial charge in [-0.15, -0.1) is 0 Å². The first-order valence-corrected chi connectivity index (χ1v) is 7.21. The maximum Gasteiger partial charge on any atom is 0.339 e. The third-order valence-corrected chi connectivity index (χ3v) is 3.04. The van der Waals surface area contributed by atoms with Crippen molar-refractivity contribution in [2.24, 2.45) is 0 Å². The van der Waals surface area contributed by atoms with Crippen molar-refractivity contribution in [3.05, 3.63) is 53.9 Å². The van der Waals surface area contributed by atoms with E-state index in [-0.39, 0.29) is 11.9 Å². The number of amides is 1. The summed E-state index contributed by atoms with van der Waals surface area (Å²) in [5, 5.41) is 5.90. The van der Waals surface area contributed by atoms with Crippen LogP contribution in [0.2, 0.25) is 0 Å². The Labute approximate surface area is 134 Å². The van der Waals surface area contributed by atoms with Crippen LogP contribution in [0.25, 0.3) is 0 Å². The van der Waals surface area contributed by atoms with Gasteiger partial charge in [0, 0.05) is 18.4 Å². The molecule has 1 heterocycles. The van der Waals surface area contributed by atoms with Crippen LogP contribution < -0.4 is 10.6 Å². The molecule has 23 heavy (non-hydrogen) atoms. The molecule has 0 bridgehead atoms. The Balaban J connectivity index is 2.21. The van der Waals surface area contributed by atoms with Crippen molar-refractivity contribution in [2.45, 2.75) is 19.9 Å². The lowest BCUT2D eigenvalue weighted by Crippen LogP contribution is -2.16. The average Bonchev–Trinajstić information content (AvgIpc) is 2.54. The molecule has 2 aromatic rings. The van der Waals surface area contributed by atoms with Gasteiger partial charge < -0.3 is 15.4 Å². The van der Waals surface area contributed by atoms with Gasteiger partial charge in [0.25, 0.3) is 5.91 Å². The Kier molecular flexibility index (Phi) is 5.30. The van der Waals surface area contributed by atoms with E-state index in [1.807, 2.05) is 13.8 Å². The number of rotatable bonds is 5. The number of hydrogen-bond donors (Lipinski definition) is 2. The number of ether oxygens (including phenoxy) is 1. The summed E-state index contributed by atoms with van der Waals surface area (Å²) < 4.78 is 4.71. The molecule has 1 amide bonds. The molecule has 6 nitrogen and oxygen atoms in total. The minimum Gasteiger partial charge on any atom is -0.465 e. The number of aromatic nitrogens is 1. The van der Waals surface area contributed by atoms with Gasteiger partial charge in [0.1, 0.15) is 0 Å². The average molecular weight is 313 g/mol. The van der Waals surface area contributed by atoms with Crippen molar-refractivity contribution in [1.82, 2.24) is 4.98 Å². The molecule has 0 aliphatic heterocycles. The Morgan fingerprint density at radius 1 is 1.17 bits per heavy atom. The van der Waals surface area contributed by atoms with E-state index in [9.17, 15) is 9.59 Å². The summed E-state index contributed by atoms with van der Waals surface area (Å²) >= 11 is 0. The number of methoxy groups -OCH3 is 1.